The van der Waals surface area contributed by atoms with Crippen molar-refractivity contribution in [3.05, 3.63) is 11.6 Å². The minimum Gasteiger partial charge on any atom is -0.469 e. The van der Waals surface area contributed by atoms with E-state index in [2.05, 4.69) is 61.5 Å². The van der Waals surface area contributed by atoms with Crippen molar-refractivity contribution in [3.63, 3.8) is 0 Å². The minimum atomic E-state index is -0.290. The number of ether oxygens (including phenoxy) is 1. The van der Waals surface area contributed by atoms with Crippen molar-refractivity contribution in [1.82, 2.24) is 0 Å². The molecule has 0 bridgehead atoms. The first kappa shape index (κ1) is 24.9. The molecule has 0 saturated heterocycles. The van der Waals surface area contributed by atoms with E-state index in [0.717, 1.165) is 49.9 Å². The number of rotatable bonds is 1. The van der Waals surface area contributed by atoms with Gasteiger partial charge in [-0.05, 0) is 115 Å². The normalized spacial score (nSPS) is 51.1. The first-order chi connectivity index (χ1) is 15.7. The Balaban J connectivity index is 1.60. The molecule has 0 aromatic heterocycles. The van der Waals surface area contributed by atoms with Crippen LogP contribution in [-0.4, -0.2) is 13.1 Å². The molecule has 0 aromatic carbocycles. The van der Waals surface area contributed by atoms with Crippen LogP contribution in [0.4, 0.5) is 0 Å². The first-order valence-corrected chi connectivity index (χ1v) is 14.5. The van der Waals surface area contributed by atoms with Gasteiger partial charge in [-0.15, -0.1) is 0 Å². The molecule has 2 nitrogen and oxygen atoms in total. The molecule has 4 fully saturated rings. The maximum absolute atomic E-state index is 13.4. The van der Waals surface area contributed by atoms with Gasteiger partial charge < -0.3 is 4.74 Å². The van der Waals surface area contributed by atoms with Crippen molar-refractivity contribution in [1.29, 1.82) is 0 Å². The van der Waals surface area contributed by atoms with Gasteiger partial charge in [0.15, 0.2) is 0 Å². The fourth-order valence-electron chi connectivity index (χ4n) is 11.0. The van der Waals surface area contributed by atoms with Crippen molar-refractivity contribution in [3.8, 4) is 0 Å². The second kappa shape index (κ2) is 7.38. The Morgan fingerprint density at radius 1 is 0.882 bits per heavy atom. The van der Waals surface area contributed by atoms with Gasteiger partial charge in [0.25, 0.3) is 0 Å². The first-order valence-electron chi connectivity index (χ1n) is 14.5. The number of carbonyl (C=O) groups excluding carboxylic acids is 1. The van der Waals surface area contributed by atoms with Gasteiger partial charge in [0.05, 0.1) is 12.5 Å². The van der Waals surface area contributed by atoms with E-state index < -0.39 is 0 Å². The summed E-state index contributed by atoms with van der Waals surface area (Å²) in [6, 6.07) is 0. The Morgan fingerprint density at radius 2 is 1.56 bits per heavy atom. The SMILES string of the molecule is COC(=O)[C@]12CCC(C)(C)C[C@H]1C1=CCC3[C@@]4(C)CC[C@H](C)C(C)(C)C4CC[C@@]3(C)[C@]1(C)CC2. The molecule has 2 heteroatoms. The topological polar surface area (TPSA) is 26.3 Å². The zero-order valence-electron chi connectivity index (χ0n) is 23.8. The van der Waals surface area contributed by atoms with Crippen LogP contribution < -0.4 is 0 Å². The highest BCUT2D eigenvalue weighted by molar-refractivity contribution is 5.78. The highest BCUT2D eigenvalue weighted by Gasteiger charge is 2.69. The maximum atomic E-state index is 13.4. The van der Waals surface area contributed by atoms with Crippen LogP contribution in [-0.2, 0) is 9.53 Å². The van der Waals surface area contributed by atoms with Gasteiger partial charge in [-0.1, -0.05) is 67.0 Å². The van der Waals surface area contributed by atoms with Crippen LogP contribution in [0.25, 0.3) is 0 Å². The Hall–Kier alpha value is -0.790. The van der Waals surface area contributed by atoms with Crippen LogP contribution in [0.2, 0.25) is 0 Å². The molecule has 0 radical (unpaired) electrons. The lowest BCUT2D eigenvalue weighted by atomic mass is 9.33. The van der Waals surface area contributed by atoms with Crippen LogP contribution in [0, 0.1) is 56.2 Å². The molecule has 0 aromatic rings. The lowest BCUT2D eigenvalue weighted by molar-refractivity contribution is -0.196. The van der Waals surface area contributed by atoms with Gasteiger partial charge in [0.1, 0.15) is 0 Å². The summed E-state index contributed by atoms with van der Waals surface area (Å²) in [5.74, 6) is 2.82. The van der Waals surface area contributed by atoms with E-state index in [1.807, 2.05) is 0 Å². The predicted molar refractivity (Wildman–Crippen MR) is 140 cm³/mol. The van der Waals surface area contributed by atoms with E-state index in [4.69, 9.17) is 4.74 Å². The van der Waals surface area contributed by atoms with E-state index >= 15 is 0 Å². The molecule has 0 aliphatic heterocycles. The Labute approximate surface area is 210 Å². The lowest BCUT2D eigenvalue weighted by Crippen LogP contribution is -2.64. The summed E-state index contributed by atoms with van der Waals surface area (Å²) in [7, 11) is 1.61. The molecule has 2 unspecified atom stereocenters. The summed E-state index contributed by atoms with van der Waals surface area (Å²) >= 11 is 0. The summed E-state index contributed by atoms with van der Waals surface area (Å²) in [5, 5.41) is 0. The number of esters is 1. The van der Waals surface area contributed by atoms with Gasteiger partial charge in [-0.2, -0.15) is 0 Å². The van der Waals surface area contributed by atoms with Crippen molar-refractivity contribution in [2.75, 3.05) is 7.11 Å². The highest BCUT2D eigenvalue weighted by atomic mass is 16.5. The number of hydrogen-bond donors (Lipinski definition) is 0. The van der Waals surface area contributed by atoms with Crippen LogP contribution in [0.5, 0.6) is 0 Å². The van der Waals surface area contributed by atoms with E-state index in [1.54, 1.807) is 12.7 Å². The quantitative estimate of drug-likeness (QED) is 0.284. The van der Waals surface area contributed by atoms with Crippen LogP contribution in [0.3, 0.4) is 0 Å². The van der Waals surface area contributed by atoms with Gasteiger partial charge in [-0.3, -0.25) is 4.79 Å². The third-order valence-electron chi connectivity index (χ3n) is 13.8. The Kier molecular flexibility index (Phi) is 5.40. The molecule has 5 aliphatic carbocycles. The van der Waals surface area contributed by atoms with Crippen molar-refractivity contribution in [2.45, 2.75) is 120 Å². The largest absolute Gasteiger partial charge is 0.469 e. The minimum absolute atomic E-state index is 0.0712. The molecule has 34 heavy (non-hydrogen) atoms. The van der Waals surface area contributed by atoms with Gasteiger partial charge >= 0.3 is 5.97 Å². The van der Waals surface area contributed by atoms with E-state index in [-0.39, 0.29) is 16.8 Å². The van der Waals surface area contributed by atoms with Crippen molar-refractivity contribution < 1.29 is 9.53 Å². The zero-order chi connectivity index (χ0) is 24.9. The third-order valence-corrected chi connectivity index (χ3v) is 13.8. The summed E-state index contributed by atoms with van der Waals surface area (Å²) in [6.45, 7) is 20.5. The van der Waals surface area contributed by atoms with Gasteiger partial charge in [0.2, 0.25) is 0 Å². The molecular formula is C32H52O2. The number of methoxy groups -OCH3 is 1. The fourth-order valence-corrected chi connectivity index (χ4v) is 11.0. The van der Waals surface area contributed by atoms with E-state index in [0.29, 0.717) is 27.6 Å². The Morgan fingerprint density at radius 3 is 2.24 bits per heavy atom. The average molecular weight is 469 g/mol. The third kappa shape index (κ3) is 2.95. The summed E-state index contributed by atoms with van der Waals surface area (Å²) in [5.41, 5.74) is 3.04. The highest BCUT2D eigenvalue weighted by Crippen LogP contribution is 2.76. The Bertz CT molecular complexity index is 897. The molecule has 5 aliphatic rings. The van der Waals surface area contributed by atoms with Crippen LogP contribution >= 0.6 is 0 Å². The maximum Gasteiger partial charge on any atom is 0.312 e. The summed E-state index contributed by atoms with van der Waals surface area (Å²) in [4.78, 5) is 13.4. The van der Waals surface area contributed by atoms with Gasteiger partial charge in [-0.25, -0.2) is 0 Å². The number of hydrogen-bond acceptors (Lipinski definition) is 2. The summed E-state index contributed by atoms with van der Waals surface area (Å²) in [6.07, 6.45) is 14.8. The number of allylic oxidation sites excluding steroid dienone is 2. The number of fused-ring (bicyclic) bond motifs is 7. The monoisotopic (exact) mass is 468 g/mol. The van der Waals surface area contributed by atoms with E-state index in [9.17, 15) is 4.79 Å². The smallest absolute Gasteiger partial charge is 0.312 e. The second-order valence-electron chi connectivity index (χ2n) is 15.6. The zero-order valence-corrected chi connectivity index (χ0v) is 23.8. The fraction of sp³-hybridized carbons (Fsp3) is 0.906. The molecular weight excluding hydrogens is 416 g/mol. The van der Waals surface area contributed by atoms with Gasteiger partial charge in [0, 0.05) is 0 Å². The molecule has 0 amide bonds. The molecule has 192 valence electrons. The second-order valence-corrected chi connectivity index (χ2v) is 15.6. The molecule has 4 saturated carbocycles. The van der Waals surface area contributed by atoms with Crippen molar-refractivity contribution >= 4 is 5.97 Å². The number of carbonyl (C=O) groups is 1. The van der Waals surface area contributed by atoms with Crippen LogP contribution in [0.15, 0.2) is 11.6 Å². The summed E-state index contributed by atoms with van der Waals surface area (Å²) < 4.78 is 5.52. The molecule has 0 N–H and O–H groups in total. The lowest BCUT2D eigenvalue weighted by Gasteiger charge is -2.71. The molecule has 0 heterocycles. The predicted octanol–water partition coefficient (Wildman–Crippen LogP) is 8.60. The average Bonchev–Trinajstić information content (AvgIpc) is 2.76. The standard InChI is InChI=1S/C32H52O2/c1-21-12-14-29(6)24(28(21,4)5)13-15-31(8)25(29)11-10-22-23-20-27(2,3)16-18-32(23,26(33)34-9)19-17-30(22,31)7/h10,21,23-25H,11-20H2,1-9H3/t21-,23-,24?,25?,29-,30+,31+,32-/m0/s1. The molecule has 5 rings (SSSR count). The molecule has 8 atom stereocenters. The van der Waals surface area contributed by atoms with Crippen molar-refractivity contribution in [2.24, 2.45) is 56.2 Å². The molecule has 0 spiro atoms. The van der Waals surface area contributed by atoms with E-state index in [1.165, 1.54) is 32.1 Å². The van der Waals surface area contributed by atoms with Crippen LogP contribution in [0.1, 0.15) is 120 Å².